The third-order valence-corrected chi connectivity index (χ3v) is 6.51. The molecule has 0 fully saturated rings. The van der Waals surface area contributed by atoms with Crippen molar-refractivity contribution in [2.45, 2.75) is 13.8 Å². The molecule has 2 rings (SSSR count). The molecule has 0 heterocycles. The molecule has 0 radical (unpaired) electrons. The monoisotopic (exact) mass is 554 g/mol. The van der Waals surface area contributed by atoms with Gasteiger partial charge in [-0.05, 0) is 82.3 Å². The first-order chi connectivity index (χ1) is 11.4. The van der Waals surface area contributed by atoms with Gasteiger partial charge in [-0.25, -0.2) is 0 Å². The van der Waals surface area contributed by atoms with Crippen molar-refractivity contribution in [2.75, 3.05) is 28.4 Å². The Morgan fingerprint density at radius 2 is 0.958 bits per heavy atom. The maximum Gasteiger partial charge on any atom is 0.144 e. The Bertz CT molecular complexity index is 707. The molecule has 2 aromatic rings. The van der Waals surface area contributed by atoms with Gasteiger partial charge in [0.25, 0.3) is 0 Å². The highest BCUT2D eigenvalue weighted by Gasteiger charge is 2.26. The van der Waals surface area contributed by atoms with Crippen molar-refractivity contribution in [3.63, 3.8) is 0 Å². The number of ether oxygens (including phenoxy) is 4. The van der Waals surface area contributed by atoms with E-state index in [4.69, 9.17) is 18.9 Å². The van der Waals surface area contributed by atoms with Gasteiger partial charge < -0.3 is 18.9 Å². The second kappa shape index (κ2) is 7.99. The zero-order valence-corrected chi connectivity index (χ0v) is 18.9. The number of aryl methyl sites for hydroxylation is 2. The Balaban J connectivity index is 3.01. The van der Waals surface area contributed by atoms with E-state index < -0.39 is 0 Å². The van der Waals surface area contributed by atoms with Crippen LogP contribution in [-0.4, -0.2) is 28.4 Å². The lowest BCUT2D eigenvalue weighted by Gasteiger charge is -2.22. The normalized spacial score (nSPS) is 10.5. The van der Waals surface area contributed by atoms with Crippen LogP contribution in [0.15, 0.2) is 12.1 Å². The maximum absolute atomic E-state index is 5.72. The summed E-state index contributed by atoms with van der Waals surface area (Å²) in [5.74, 6) is 2.95. The quantitative estimate of drug-likeness (QED) is 0.476. The number of benzene rings is 2. The molecule has 24 heavy (non-hydrogen) atoms. The van der Waals surface area contributed by atoms with Gasteiger partial charge in [-0.2, -0.15) is 0 Å². The zero-order chi connectivity index (χ0) is 18.0. The molecule has 0 atom stereocenters. The van der Waals surface area contributed by atoms with E-state index in [0.717, 1.165) is 52.4 Å². The van der Waals surface area contributed by atoms with Crippen molar-refractivity contribution >= 4 is 45.2 Å². The standard InChI is InChI=1S/C18H20I2O4/c1-9-7-11(21-3)13(17(23-5)15(9)19)14-12(22-4)8-10(2)16(20)18(14)24-6/h7-8H,1-6H3. The van der Waals surface area contributed by atoms with Crippen molar-refractivity contribution in [3.8, 4) is 34.1 Å². The van der Waals surface area contributed by atoms with Crippen LogP contribution in [0, 0.1) is 21.0 Å². The summed E-state index contributed by atoms with van der Waals surface area (Å²) in [7, 11) is 6.64. The zero-order valence-electron chi connectivity index (χ0n) is 14.5. The van der Waals surface area contributed by atoms with Crippen LogP contribution in [-0.2, 0) is 0 Å². The lowest BCUT2D eigenvalue weighted by atomic mass is 9.98. The third kappa shape index (κ3) is 3.26. The Morgan fingerprint density at radius 1 is 0.625 bits per heavy atom. The second-order valence-corrected chi connectivity index (χ2v) is 7.39. The van der Waals surface area contributed by atoms with Gasteiger partial charge in [-0.3, -0.25) is 0 Å². The predicted molar refractivity (Wildman–Crippen MR) is 113 cm³/mol. The van der Waals surface area contributed by atoms with E-state index in [1.807, 2.05) is 26.0 Å². The van der Waals surface area contributed by atoms with Crippen LogP contribution in [0.4, 0.5) is 0 Å². The summed E-state index contributed by atoms with van der Waals surface area (Å²) in [5.41, 5.74) is 3.85. The molecule has 2 aromatic carbocycles. The van der Waals surface area contributed by atoms with Gasteiger partial charge >= 0.3 is 0 Å². The van der Waals surface area contributed by atoms with E-state index in [2.05, 4.69) is 45.2 Å². The average Bonchev–Trinajstić information content (AvgIpc) is 2.58. The fraction of sp³-hybridized carbons (Fsp3) is 0.333. The van der Waals surface area contributed by atoms with Crippen LogP contribution >= 0.6 is 45.2 Å². The predicted octanol–water partition coefficient (Wildman–Crippen LogP) is 5.21. The molecule has 0 bridgehead atoms. The Hall–Kier alpha value is -0.900. The molecule has 0 aromatic heterocycles. The molecule has 0 spiro atoms. The molecule has 0 saturated heterocycles. The molecular weight excluding hydrogens is 534 g/mol. The SMILES string of the molecule is COc1cc(C)c(I)c(OC)c1-c1c(OC)cc(C)c(I)c1OC. The van der Waals surface area contributed by atoms with Gasteiger partial charge in [-0.1, -0.05) is 0 Å². The highest BCUT2D eigenvalue weighted by molar-refractivity contribution is 14.1. The molecule has 0 aliphatic rings. The minimum atomic E-state index is 0.723. The number of methoxy groups -OCH3 is 4. The summed E-state index contributed by atoms with van der Waals surface area (Å²) < 4.78 is 24.8. The average molecular weight is 554 g/mol. The Labute approximate surface area is 170 Å². The van der Waals surface area contributed by atoms with Gasteiger partial charge in [0.1, 0.15) is 23.0 Å². The van der Waals surface area contributed by atoms with Gasteiger partial charge in [0.05, 0.1) is 46.7 Å². The summed E-state index contributed by atoms with van der Waals surface area (Å²) in [5, 5.41) is 0. The minimum Gasteiger partial charge on any atom is -0.496 e. The molecule has 4 nitrogen and oxygen atoms in total. The summed E-state index contributed by atoms with van der Waals surface area (Å²) in [4.78, 5) is 0. The third-order valence-electron chi connectivity index (χ3n) is 3.83. The molecule has 0 N–H and O–H groups in total. The molecule has 0 amide bonds. The topological polar surface area (TPSA) is 36.9 Å². The van der Waals surface area contributed by atoms with Gasteiger partial charge in [0.2, 0.25) is 0 Å². The molecule has 0 saturated carbocycles. The van der Waals surface area contributed by atoms with Crippen molar-refractivity contribution in [2.24, 2.45) is 0 Å². The molecular formula is C18H20I2O4. The summed E-state index contributed by atoms with van der Waals surface area (Å²) >= 11 is 4.58. The van der Waals surface area contributed by atoms with Crippen molar-refractivity contribution in [1.82, 2.24) is 0 Å². The van der Waals surface area contributed by atoms with E-state index >= 15 is 0 Å². The Kier molecular flexibility index (Phi) is 6.46. The molecule has 0 unspecified atom stereocenters. The van der Waals surface area contributed by atoms with Crippen LogP contribution in [0.25, 0.3) is 11.1 Å². The highest BCUT2D eigenvalue weighted by atomic mass is 127. The van der Waals surface area contributed by atoms with Crippen molar-refractivity contribution in [1.29, 1.82) is 0 Å². The fourth-order valence-corrected chi connectivity index (χ4v) is 3.94. The van der Waals surface area contributed by atoms with Crippen LogP contribution in [0.3, 0.4) is 0 Å². The first-order valence-corrected chi connectivity index (χ1v) is 9.39. The minimum absolute atomic E-state index is 0.723. The van der Waals surface area contributed by atoms with Gasteiger partial charge in [-0.15, -0.1) is 0 Å². The largest absolute Gasteiger partial charge is 0.496 e. The van der Waals surface area contributed by atoms with E-state index in [1.54, 1.807) is 28.4 Å². The highest BCUT2D eigenvalue weighted by Crippen LogP contribution is 2.51. The molecule has 130 valence electrons. The summed E-state index contributed by atoms with van der Waals surface area (Å²) in [6.07, 6.45) is 0. The number of rotatable bonds is 5. The molecule has 6 heteroatoms. The smallest absolute Gasteiger partial charge is 0.144 e. The van der Waals surface area contributed by atoms with E-state index in [9.17, 15) is 0 Å². The second-order valence-electron chi connectivity index (χ2n) is 5.24. The fourth-order valence-electron chi connectivity index (χ4n) is 2.64. The lowest BCUT2D eigenvalue weighted by Crippen LogP contribution is -2.03. The summed E-state index contributed by atoms with van der Waals surface area (Å²) in [6, 6.07) is 4.01. The van der Waals surface area contributed by atoms with E-state index in [-0.39, 0.29) is 0 Å². The number of halogens is 2. The first-order valence-electron chi connectivity index (χ1n) is 7.23. The van der Waals surface area contributed by atoms with Gasteiger partial charge in [0, 0.05) is 0 Å². The van der Waals surface area contributed by atoms with Crippen LogP contribution < -0.4 is 18.9 Å². The van der Waals surface area contributed by atoms with Crippen molar-refractivity contribution in [3.05, 3.63) is 30.4 Å². The lowest BCUT2D eigenvalue weighted by molar-refractivity contribution is 0.383. The number of hydrogen-bond acceptors (Lipinski definition) is 4. The van der Waals surface area contributed by atoms with E-state index in [0.29, 0.717) is 0 Å². The number of hydrogen-bond donors (Lipinski definition) is 0. The van der Waals surface area contributed by atoms with Crippen molar-refractivity contribution < 1.29 is 18.9 Å². The van der Waals surface area contributed by atoms with Crippen LogP contribution in [0.5, 0.6) is 23.0 Å². The molecule has 0 aliphatic carbocycles. The summed E-state index contributed by atoms with van der Waals surface area (Å²) in [6.45, 7) is 4.06. The van der Waals surface area contributed by atoms with Crippen LogP contribution in [0.1, 0.15) is 11.1 Å². The first kappa shape index (κ1) is 19.4. The van der Waals surface area contributed by atoms with E-state index in [1.165, 1.54) is 0 Å². The van der Waals surface area contributed by atoms with Crippen LogP contribution in [0.2, 0.25) is 0 Å². The van der Waals surface area contributed by atoms with Gasteiger partial charge in [0.15, 0.2) is 0 Å². The Morgan fingerprint density at radius 3 is 1.21 bits per heavy atom. The molecule has 0 aliphatic heterocycles. The maximum atomic E-state index is 5.72.